The van der Waals surface area contributed by atoms with E-state index in [2.05, 4.69) is 6.92 Å². The molecule has 0 fully saturated rings. The number of unbranched alkanes of at least 4 members (excludes halogenated alkanes) is 13. The van der Waals surface area contributed by atoms with Crippen molar-refractivity contribution in [3.05, 3.63) is 0 Å². The molecule has 0 aliphatic rings. The van der Waals surface area contributed by atoms with Crippen molar-refractivity contribution in [2.45, 2.75) is 122 Å². The van der Waals surface area contributed by atoms with Gasteiger partial charge in [0.1, 0.15) is 11.5 Å². The lowest BCUT2D eigenvalue weighted by Crippen LogP contribution is -2.36. The number of carbonyl (C=O) groups is 2. The van der Waals surface area contributed by atoms with E-state index in [-0.39, 0.29) is 31.0 Å². The molecule has 0 heterocycles. The van der Waals surface area contributed by atoms with Crippen molar-refractivity contribution in [2.24, 2.45) is 0 Å². The fraction of sp³-hybridized carbons (Fsp3) is 0.923. The maximum absolute atomic E-state index is 12.4. The zero-order chi connectivity index (χ0) is 26.3. The molecule has 0 aromatic carbocycles. The third-order valence-electron chi connectivity index (χ3n) is 5.88. The minimum Gasteiger partial charge on any atom is -0.617 e. The van der Waals surface area contributed by atoms with Crippen LogP contribution in [0, 0.1) is 0 Å². The highest BCUT2D eigenvalue weighted by molar-refractivity contribution is 7.90. The Labute approximate surface area is 219 Å². The van der Waals surface area contributed by atoms with E-state index in [0.717, 1.165) is 19.3 Å². The van der Waals surface area contributed by atoms with Gasteiger partial charge in [0.15, 0.2) is 6.10 Å². The second-order valence-corrected chi connectivity index (χ2v) is 12.4. The van der Waals surface area contributed by atoms with Crippen LogP contribution in [0.5, 0.6) is 0 Å². The Kier molecular flexibility index (Phi) is 23.6. The smallest absolute Gasteiger partial charge is 0.347 e. The zero-order valence-corrected chi connectivity index (χ0v) is 23.9. The van der Waals surface area contributed by atoms with E-state index in [1.165, 1.54) is 83.1 Å². The Morgan fingerprint density at radius 3 is 1.60 bits per heavy atom. The van der Waals surface area contributed by atoms with Gasteiger partial charge in [0.05, 0.1) is 19.1 Å². The van der Waals surface area contributed by atoms with Gasteiger partial charge in [-0.15, -0.1) is 0 Å². The number of hydrogen-bond acceptors (Lipinski definition) is 7. The van der Waals surface area contributed by atoms with Gasteiger partial charge in [-0.3, -0.25) is 0 Å². The molecule has 0 amide bonds. The molecule has 0 spiro atoms. The Bertz CT molecular complexity index is 518. The molecule has 4 unspecified atom stereocenters. The van der Waals surface area contributed by atoms with Crippen LogP contribution in [0.3, 0.4) is 0 Å². The van der Waals surface area contributed by atoms with Gasteiger partial charge in [-0.05, 0) is 6.42 Å². The lowest BCUT2D eigenvalue weighted by atomic mass is 10.0. The van der Waals surface area contributed by atoms with Crippen LogP contribution >= 0.6 is 0 Å². The number of aliphatic hydroxyl groups excluding tert-OH is 1. The molecule has 1 N–H and O–H groups in total. The van der Waals surface area contributed by atoms with Crippen molar-refractivity contribution in [2.75, 3.05) is 30.6 Å². The number of aliphatic hydroxyl groups is 1. The van der Waals surface area contributed by atoms with Gasteiger partial charge in [-0.2, -0.15) is 0 Å². The van der Waals surface area contributed by atoms with E-state index < -0.39 is 46.5 Å². The second-order valence-electron chi connectivity index (χ2n) is 9.34. The quantitative estimate of drug-likeness (QED) is 0.106. The van der Waals surface area contributed by atoms with E-state index in [1.54, 1.807) is 0 Å². The molecule has 7 nitrogen and oxygen atoms in total. The van der Waals surface area contributed by atoms with Crippen molar-refractivity contribution in [1.29, 1.82) is 0 Å². The summed E-state index contributed by atoms with van der Waals surface area (Å²) in [4.78, 5) is 24.5. The molecule has 0 radical (unpaired) electrons. The van der Waals surface area contributed by atoms with Crippen molar-refractivity contribution in [3.8, 4) is 0 Å². The molecular weight excluding hydrogens is 488 g/mol. The molecule has 35 heavy (non-hydrogen) atoms. The van der Waals surface area contributed by atoms with Gasteiger partial charge >= 0.3 is 11.9 Å². The molecule has 0 aliphatic heterocycles. The zero-order valence-electron chi connectivity index (χ0n) is 22.3. The van der Waals surface area contributed by atoms with E-state index in [0.29, 0.717) is 0 Å². The first kappa shape index (κ1) is 34.5. The maximum atomic E-state index is 12.4. The minimum absolute atomic E-state index is 0.0114. The van der Waals surface area contributed by atoms with Crippen molar-refractivity contribution in [1.82, 2.24) is 0 Å². The van der Waals surface area contributed by atoms with Gasteiger partial charge in [0.2, 0.25) is 6.10 Å². The fourth-order valence-electron chi connectivity index (χ4n) is 3.67. The summed E-state index contributed by atoms with van der Waals surface area (Å²) >= 11 is -2.30. The molecule has 0 saturated carbocycles. The van der Waals surface area contributed by atoms with Gasteiger partial charge in [0, 0.05) is 12.8 Å². The van der Waals surface area contributed by atoms with Crippen LogP contribution in [0.2, 0.25) is 0 Å². The van der Waals surface area contributed by atoms with E-state index in [4.69, 9.17) is 9.47 Å². The van der Waals surface area contributed by atoms with Crippen LogP contribution in [0.15, 0.2) is 0 Å². The Hall–Kier alpha value is -0.480. The molecule has 0 rings (SSSR count). The Balaban J connectivity index is 3.96. The third-order valence-corrected chi connectivity index (χ3v) is 7.50. The Morgan fingerprint density at radius 2 is 1.14 bits per heavy atom. The molecule has 0 aliphatic carbocycles. The van der Waals surface area contributed by atoms with Gasteiger partial charge in [-0.1, -0.05) is 113 Å². The molecular formula is C26H50O7S2. The van der Waals surface area contributed by atoms with Crippen LogP contribution in [-0.4, -0.2) is 69.0 Å². The van der Waals surface area contributed by atoms with Gasteiger partial charge < -0.3 is 23.7 Å². The summed E-state index contributed by atoms with van der Waals surface area (Å²) in [6.45, 7) is 2.49. The van der Waals surface area contributed by atoms with Crippen LogP contribution in [0.25, 0.3) is 0 Å². The molecule has 208 valence electrons. The predicted molar refractivity (Wildman–Crippen MR) is 144 cm³/mol. The maximum Gasteiger partial charge on any atom is 0.347 e. The SMILES string of the molecule is CCCCCCCCCCCCCCCCOC(=O)C(CC[S+](C)[O-])OC(=O)C(O)CC[S+](C)[O-]. The lowest BCUT2D eigenvalue weighted by Gasteiger charge is -2.19. The third kappa shape index (κ3) is 22.4. The summed E-state index contributed by atoms with van der Waals surface area (Å²) in [5.41, 5.74) is 0. The molecule has 9 heteroatoms. The summed E-state index contributed by atoms with van der Waals surface area (Å²) in [5, 5.41) is 9.87. The minimum atomic E-state index is -1.45. The van der Waals surface area contributed by atoms with Crippen molar-refractivity contribution in [3.63, 3.8) is 0 Å². The highest BCUT2D eigenvalue weighted by atomic mass is 32.2. The lowest BCUT2D eigenvalue weighted by molar-refractivity contribution is -0.173. The van der Waals surface area contributed by atoms with E-state index >= 15 is 0 Å². The number of hydrogen-bond donors (Lipinski definition) is 1. The van der Waals surface area contributed by atoms with Crippen LogP contribution in [-0.2, 0) is 41.4 Å². The highest BCUT2D eigenvalue weighted by Crippen LogP contribution is 2.13. The average molecular weight is 539 g/mol. The van der Waals surface area contributed by atoms with Gasteiger partial charge in [0.25, 0.3) is 0 Å². The summed E-state index contributed by atoms with van der Waals surface area (Å²) < 4.78 is 33.0. The monoisotopic (exact) mass is 538 g/mol. The van der Waals surface area contributed by atoms with Gasteiger partial charge in [-0.25, -0.2) is 9.59 Å². The van der Waals surface area contributed by atoms with Crippen LogP contribution in [0.1, 0.15) is 110 Å². The molecule has 0 aromatic heterocycles. The molecule has 0 bridgehead atoms. The first-order chi connectivity index (χ1) is 16.8. The number of rotatable bonds is 24. The average Bonchev–Trinajstić information content (AvgIpc) is 2.82. The summed E-state index contributed by atoms with van der Waals surface area (Å²) in [6, 6.07) is 0. The summed E-state index contributed by atoms with van der Waals surface area (Å²) in [5.74, 6) is -1.29. The topological polar surface area (TPSA) is 119 Å². The van der Waals surface area contributed by atoms with Crippen molar-refractivity contribution >= 4 is 34.3 Å². The number of ether oxygens (including phenoxy) is 2. The van der Waals surface area contributed by atoms with Crippen LogP contribution in [0.4, 0.5) is 0 Å². The van der Waals surface area contributed by atoms with E-state index in [9.17, 15) is 23.8 Å². The summed E-state index contributed by atoms with van der Waals surface area (Å²) in [7, 11) is 0. The number of carbonyl (C=O) groups excluding carboxylic acids is 2. The van der Waals surface area contributed by atoms with Crippen molar-refractivity contribution < 1.29 is 33.3 Å². The normalized spacial score (nSPS) is 14.8. The second kappa shape index (κ2) is 23.9. The molecule has 0 aromatic rings. The van der Waals surface area contributed by atoms with E-state index in [1.807, 2.05) is 0 Å². The Morgan fingerprint density at radius 1 is 0.714 bits per heavy atom. The largest absolute Gasteiger partial charge is 0.617 e. The number of esters is 2. The van der Waals surface area contributed by atoms with Crippen LogP contribution < -0.4 is 0 Å². The predicted octanol–water partition coefficient (Wildman–Crippen LogP) is 4.82. The molecule has 0 saturated heterocycles. The first-order valence-electron chi connectivity index (χ1n) is 13.4. The molecule has 4 atom stereocenters. The fourth-order valence-corrected chi connectivity index (χ4v) is 4.78. The first-order valence-corrected chi connectivity index (χ1v) is 16.9. The summed E-state index contributed by atoms with van der Waals surface area (Å²) in [6.07, 6.45) is 17.8. The highest BCUT2D eigenvalue weighted by Gasteiger charge is 2.29. The standard InChI is InChI=1S/C26H50O7S2/c1-4-5-6-7-8-9-10-11-12-13-14-15-16-17-20-32-26(29)24(19-22-35(3)31)33-25(28)23(27)18-21-34(2)30/h23-24,27H,4-22H2,1-3H3.